The van der Waals surface area contributed by atoms with Crippen molar-refractivity contribution in [3.8, 4) is 0 Å². The van der Waals surface area contributed by atoms with Crippen LogP contribution in [0.5, 0.6) is 0 Å². The molecule has 1 saturated heterocycles. The van der Waals surface area contributed by atoms with Crippen molar-refractivity contribution in [1.82, 2.24) is 14.9 Å². The second kappa shape index (κ2) is 10.0. The van der Waals surface area contributed by atoms with E-state index in [4.69, 9.17) is 9.97 Å². The average molecular weight is 401 g/mol. The molecule has 2 heterocycles. The van der Waals surface area contributed by atoms with Gasteiger partial charge in [0.1, 0.15) is 5.78 Å². The van der Waals surface area contributed by atoms with E-state index in [0.29, 0.717) is 29.7 Å². The predicted molar refractivity (Wildman–Crippen MR) is 119 cm³/mol. The van der Waals surface area contributed by atoms with E-state index >= 15 is 0 Å². The number of Topliss-reactive ketones (excluding diaryl/α,β-unsaturated/α-hetero) is 1. The van der Waals surface area contributed by atoms with Crippen LogP contribution < -0.4 is 4.90 Å². The molecule has 0 N–H and O–H groups in total. The van der Waals surface area contributed by atoms with Crippen LogP contribution in [0.25, 0.3) is 0 Å². The summed E-state index contributed by atoms with van der Waals surface area (Å²) in [5, 5.41) is 0. The first-order valence-corrected chi connectivity index (χ1v) is 11.7. The van der Waals surface area contributed by atoms with E-state index in [1.165, 1.54) is 5.56 Å². The summed E-state index contributed by atoms with van der Waals surface area (Å²) < 4.78 is 0. The predicted octanol–water partition coefficient (Wildman–Crippen LogP) is 4.67. The lowest BCUT2D eigenvalue weighted by Gasteiger charge is -2.45. The van der Waals surface area contributed by atoms with E-state index < -0.39 is 0 Å². The zero-order valence-corrected chi connectivity index (χ0v) is 19.1. The highest BCUT2D eigenvalue weighted by Crippen LogP contribution is 2.37. The van der Waals surface area contributed by atoms with Crippen LogP contribution >= 0.6 is 0 Å². The molecule has 1 saturated carbocycles. The molecule has 0 amide bonds. The highest BCUT2D eigenvalue weighted by molar-refractivity contribution is 5.80. The SMILES string of the molecule is CCC1CN(C)CC(CC)N1c1ncc([C@H]2CC[C@@H](CC(=O)C(C)C)CC2)cn1. The van der Waals surface area contributed by atoms with Crippen LogP contribution in [0.15, 0.2) is 12.4 Å². The van der Waals surface area contributed by atoms with E-state index in [9.17, 15) is 4.79 Å². The third-order valence-corrected chi connectivity index (χ3v) is 7.12. The number of likely N-dealkylation sites (N-methyl/N-ethyl adjacent to an activating group) is 1. The quantitative estimate of drug-likeness (QED) is 0.665. The van der Waals surface area contributed by atoms with Gasteiger partial charge in [-0.25, -0.2) is 9.97 Å². The molecule has 0 spiro atoms. The summed E-state index contributed by atoms with van der Waals surface area (Å²) in [4.78, 5) is 26.6. The van der Waals surface area contributed by atoms with Crippen molar-refractivity contribution < 1.29 is 4.79 Å². The summed E-state index contributed by atoms with van der Waals surface area (Å²) in [5.74, 6) is 2.61. The van der Waals surface area contributed by atoms with E-state index in [1.807, 2.05) is 13.8 Å². The Morgan fingerprint density at radius 3 is 2.07 bits per heavy atom. The Kier molecular flexibility index (Phi) is 7.66. The molecule has 0 aromatic carbocycles. The number of rotatable bonds is 7. The van der Waals surface area contributed by atoms with Crippen molar-refractivity contribution in [1.29, 1.82) is 0 Å². The van der Waals surface area contributed by atoms with E-state index in [1.54, 1.807) is 0 Å². The maximum atomic E-state index is 12.0. The fraction of sp³-hybridized carbons (Fsp3) is 0.792. The number of nitrogens with zero attached hydrogens (tertiary/aromatic N) is 4. The molecular weight excluding hydrogens is 360 g/mol. The van der Waals surface area contributed by atoms with Crippen molar-refractivity contribution in [3.63, 3.8) is 0 Å². The maximum Gasteiger partial charge on any atom is 0.225 e. The van der Waals surface area contributed by atoms with Crippen LogP contribution in [-0.2, 0) is 4.79 Å². The summed E-state index contributed by atoms with van der Waals surface area (Å²) in [6, 6.07) is 0.969. The fourth-order valence-corrected chi connectivity index (χ4v) is 5.14. The van der Waals surface area contributed by atoms with E-state index in [2.05, 4.69) is 43.1 Å². The third-order valence-electron chi connectivity index (χ3n) is 7.12. The third kappa shape index (κ3) is 5.36. The van der Waals surface area contributed by atoms with Crippen LogP contribution in [0.3, 0.4) is 0 Å². The summed E-state index contributed by atoms with van der Waals surface area (Å²) in [5.41, 5.74) is 1.28. The summed E-state index contributed by atoms with van der Waals surface area (Å²) >= 11 is 0. The molecule has 1 aliphatic heterocycles. The molecule has 1 aromatic heterocycles. The normalized spacial score (nSPS) is 28.7. The number of hydrogen-bond donors (Lipinski definition) is 0. The molecule has 5 heteroatoms. The Bertz CT molecular complexity index is 637. The monoisotopic (exact) mass is 400 g/mol. The minimum Gasteiger partial charge on any atom is -0.332 e. The molecule has 2 fully saturated rings. The molecule has 1 aromatic rings. The summed E-state index contributed by atoms with van der Waals surface area (Å²) in [7, 11) is 2.22. The van der Waals surface area contributed by atoms with E-state index in [-0.39, 0.29) is 5.92 Å². The first kappa shape index (κ1) is 22.2. The zero-order chi connectivity index (χ0) is 21.0. The lowest BCUT2D eigenvalue weighted by molar-refractivity contribution is -0.123. The molecule has 29 heavy (non-hydrogen) atoms. The number of ketones is 1. The first-order valence-electron chi connectivity index (χ1n) is 11.7. The van der Waals surface area contributed by atoms with Gasteiger partial charge in [0.25, 0.3) is 0 Å². The largest absolute Gasteiger partial charge is 0.332 e. The number of anilines is 1. The molecule has 1 aliphatic carbocycles. The van der Waals surface area contributed by atoms with Gasteiger partial charge in [-0.3, -0.25) is 4.79 Å². The molecule has 3 rings (SSSR count). The van der Waals surface area contributed by atoms with Gasteiger partial charge in [-0.2, -0.15) is 0 Å². The average Bonchev–Trinajstić information content (AvgIpc) is 2.73. The molecule has 162 valence electrons. The molecule has 2 unspecified atom stereocenters. The molecule has 0 bridgehead atoms. The van der Waals surface area contributed by atoms with Gasteiger partial charge in [0.2, 0.25) is 5.95 Å². The minimum absolute atomic E-state index is 0.169. The van der Waals surface area contributed by atoms with Gasteiger partial charge in [-0.15, -0.1) is 0 Å². The number of hydrogen-bond acceptors (Lipinski definition) is 5. The summed E-state index contributed by atoms with van der Waals surface area (Å²) in [6.07, 6.45) is 11.8. The van der Waals surface area contributed by atoms with Gasteiger partial charge in [0, 0.05) is 49.9 Å². The minimum atomic E-state index is 0.169. The van der Waals surface area contributed by atoms with E-state index in [0.717, 1.165) is 64.0 Å². The molecule has 2 atom stereocenters. The molecule has 2 aliphatic rings. The van der Waals surface area contributed by atoms with Crippen LogP contribution in [-0.4, -0.2) is 52.9 Å². The molecular formula is C24H40N4O. The molecule has 5 nitrogen and oxygen atoms in total. The highest BCUT2D eigenvalue weighted by Gasteiger charge is 2.33. The Morgan fingerprint density at radius 2 is 1.59 bits per heavy atom. The Hall–Kier alpha value is -1.49. The van der Waals surface area contributed by atoms with Crippen LogP contribution in [0.2, 0.25) is 0 Å². The van der Waals surface area contributed by atoms with Crippen LogP contribution in [0.1, 0.15) is 84.1 Å². The van der Waals surface area contributed by atoms with Crippen molar-refractivity contribution in [2.75, 3.05) is 25.0 Å². The Balaban J connectivity index is 1.62. The number of aromatic nitrogens is 2. The van der Waals surface area contributed by atoms with Gasteiger partial charge in [-0.05, 0) is 63.0 Å². The maximum absolute atomic E-state index is 12.0. The summed E-state index contributed by atoms with van der Waals surface area (Å²) in [6.45, 7) is 10.7. The van der Waals surface area contributed by atoms with Gasteiger partial charge in [-0.1, -0.05) is 27.7 Å². The van der Waals surface area contributed by atoms with Gasteiger partial charge < -0.3 is 9.80 Å². The highest BCUT2D eigenvalue weighted by atomic mass is 16.1. The second-order valence-corrected chi connectivity index (χ2v) is 9.61. The van der Waals surface area contributed by atoms with Crippen LogP contribution in [0, 0.1) is 11.8 Å². The zero-order valence-electron chi connectivity index (χ0n) is 19.1. The van der Waals surface area contributed by atoms with Crippen molar-refractivity contribution >= 4 is 11.7 Å². The molecule has 0 radical (unpaired) electrons. The van der Waals surface area contributed by atoms with Crippen molar-refractivity contribution in [2.45, 2.75) is 90.6 Å². The van der Waals surface area contributed by atoms with Gasteiger partial charge >= 0.3 is 0 Å². The fourth-order valence-electron chi connectivity index (χ4n) is 5.14. The van der Waals surface area contributed by atoms with Gasteiger partial charge in [0.15, 0.2) is 0 Å². The lowest BCUT2D eigenvalue weighted by Crippen LogP contribution is -2.58. The van der Waals surface area contributed by atoms with Crippen molar-refractivity contribution in [2.24, 2.45) is 11.8 Å². The second-order valence-electron chi connectivity index (χ2n) is 9.61. The first-order chi connectivity index (χ1) is 13.9. The van der Waals surface area contributed by atoms with Crippen LogP contribution in [0.4, 0.5) is 5.95 Å². The Labute approximate surface area is 177 Å². The number of carbonyl (C=O) groups is 1. The number of carbonyl (C=O) groups excluding carboxylic acids is 1. The standard InChI is InChI=1S/C24H40N4O/c1-6-21-15-27(5)16-22(7-2)28(21)24-25-13-20(14-26-24)19-10-8-18(9-11-19)12-23(29)17(3)4/h13-14,17-19,21-22H,6-12,15-16H2,1-5H3/t18-,19+,21?,22?. The lowest BCUT2D eigenvalue weighted by atomic mass is 9.77. The topological polar surface area (TPSA) is 49.3 Å². The van der Waals surface area contributed by atoms with Crippen molar-refractivity contribution in [3.05, 3.63) is 18.0 Å². The van der Waals surface area contributed by atoms with Gasteiger partial charge in [0.05, 0.1) is 0 Å². The smallest absolute Gasteiger partial charge is 0.225 e. The Morgan fingerprint density at radius 1 is 1.03 bits per heavy atom. The number of piperazine rings is 1.